The largest absolute Gasteiger partial charge is 0.367 e. The van der Waals surface area contributed by atoms with Gasteiger partial charge in [0.25, 0.3) is 0 Å². The molecular weight excluding hydrogens is 414 g/mol. The first-order valence-electron chi connectivity index (χ1n) is 11.2. The van der Waals surface area contributed by atoms with Crippen LogP contribution in [0.1, 0.15) is 44.1 Å². The molecule has 170 valence electrons. The zero-order valence-electron chi connectivity index (χ0n) is 17.9. The summed E-state index contributed by atoms with van der Waals surface area (Å²) >= 11 is 0. The van der Waals surface area contributed by atoms with Crippen LogP contribution in [0.15, 0.2) is 36.4 Å². The van der Waals surface area contributed by atoms with Crippen LogP contribution in [0.2, 0.25) is 0 Å². The Balaban J connectivity index is 1.34. The monoisotopic (exact) mass is 442 g/mol. The predicted molar refractivity (Wildman–Crippen MR) is 120 cm³/mol. The second kappa shape index (κ2) is 9.97. The summed E-state index contributed by atoms with van der Waals surface area (Å²) in [5.41, 5.74) is 1.96. The van der Waals surface area contributed by atoms with Crippen molar-refractivity contribution in [1.82, 2.24) is 10.6 Å². The van der Waals surface area contributed by atoms with Gasteiger partial charge >= 0.3 is 0 Å². The summed E-state index contributed by atoms with van der Waals surface area (Å²) in [6.45, 7) is 1.68. The Morgan fingerprint density at radius 1 is 1.00 bits per heavy atom. The molecule has 3 N–H and O–H groups in total. The normalized spacial score (nSPS) is 18.8. The highest BCUT2D eigenvalue weighted by Crippen LogP contribution is 2.30. The third-order valence-electron chi connectivity index (χ3n) is 5.95. The average Bonchev–Trinajstić information content (AvgIpc) is 2.79. The molecule has 0 unspecified atom stereocenters. The molecule has 32 heavy (non-hydrogen) atoms. The van der Waals surface area contributed by atoms with Crippen LogP contribution in [-0.4, -0.2) is 30.9 Å². The van der Waals surface area contributed by atoms with E-state index in [2.05, 4.69) is 16.0 Å². The van der Waals surface area contributed by atoms with Crippen LogP contribution < -0.4 is 20.9 Å². The molecule has 1 atom stereocenters. The lowest BCUT2D eigenvalue weighted by Gasteiger charge is -2.29. The fourth-order valence-electron chi connectivity index (χ4n) is 4.24. The highest BCUT2D eigenvalue weighted by atomic mass is 19.1. The summed E-state index contributed by atoms with van der Waals surface area (Å²) in [5.74, 6) is -1.42. The molecule has 0 aromatic heterocycles. The second-order valence-electron chi connectivity index (χ2n) is 8.39. The third kappa shape index (κ3) is 5.36. The number of hydrogen-bond donors (Lipinski definition) is 3. The van der Waals surface area contributed by atoms with Crippen molar-refractivity contribution in [2.45, 2.75) is 51.1 Å². The summed E-state index contributed by atoms with van der Waals surface area (Å²) in [7, 11) is 0. The van der Waals surface area contributed by atoms with Crippen molar-refractivity contribution in [3.63, 3.8) is 0 Å². The number of benzene rings is 2. The Hall–Kier alpha value is -3.16. The molecule has 2 aromatic rings. The van der Waals surface area contributed by atoms with Crippen molar-refractivity contribution in [3.8, 4) is 0 Å². The Morgan fingerprint density at radius 2 is 1.69 bits per heavy atom. The maximum Gasteiger partial charge on any atom is 0.242 e. The molecule has 2 fully saturated rings. The summed E-state index contributed by atoms with van der Waals surface area (Å²) in [5, 5.41) is 8.56. The zero-order chi connectivity index (χ0) is 22.5. The maximum atomic E-state index is 14.6. The van der Waals surface area contributed by atoms with Gasteiger partial charge in [-0.3, -0.25) is 9.59 Å². The number of rotatable bonds is 6. The van der Waals surface area contributed by atoms with E-state index in [0.29, 0.717) is 50.3 Å². The van der Waals surface area contributed by atoms with Crippen molar-refractivity contribution in [3.05, 3.63) is 53.6 Å². The number of piperidine rings is 2. The van der Waals surface area contributed by atoms with E-state index in [-0.39, 0.29) is 17.5 Å². The number of amides is 2. The Morgan fingerprint density at radius 3 is 2.34 bits per heavy atom. The van der Waals surface area contributed by atoms with E-state index in [1.165, 1.54) is 12.1 Å². The van der Waals surface area contributed by atoms with E-state index < -0.39 is 17.7 Å². The van der Waals surface area contributed by atoms with Gasteiger partial charge in [0, 0.05) is 37.4 Å². The van der Waals surface area contributed by atoms with Crippen LogP contribution in [0.5, 0.6) is 0 Å². The number of halogens is 2. The van der Waals surface area contributed by atoms with Crippen LogP contribution >= 0.6 is 0 Å². The second-order valence-corrected chi connectivity index (χ2v) is 8.39. The first-order chi connectivity index (χ1) is 15.5. The van der Waals surface area contributed by atoms with Crippen LogP contribution in [0, 0.1) is 11.6 Å². The number of carbonyl (C=O) groups is 2. The minimum absolute atomic E-state index is 0.0514. The van der Waals surface area contributed by atoms with Crippen molar-refractivity contribution >= 4 is 28.9 Å². The van der Waals surface area contributed by atoms with E-state index >= 15 is 0 Å². The lowest BCUT2D eigenvalue weighted by molar-refractivity contribution is -0.131. The predicted octanol–water partition coefficient (Wildman–Crippen LogP) is 3.98. The van der Waals surface area contributed by atoms with Gasteiger partial charge in [0.05, 0.1) is 0 Å². The standard InChI is InChI=1S/C24H28F2N4O2/c25-19-13-18(14-20(26)23(19)30-11-2-1-3-12-30)28-17-9-7-16(8-10-17)15-27-24(32)21-5-4-6-22(31)29-21/h7-10,13-14,21,28H,1-6,11-12,15H2,(H,27,32)(H,29,31)/t21-/m0/s1. The lowest BCUT2D eigenvalue weighted by Crippen LogP contribution is -2.48. The van der Waals surface area contributed by atoms with Crippen molar-refractivity contribution in [1.29, 1.82) is 0 Å². The molecule has 0 spiro atoms. The highest BCUT2D eigenvalue weighted by molar-refractivity contribution is 5.88. The number of hydrogen-bond acceptors (Lipinski definition) is 4. The molecule has 0 saturated carbocycles. The van der Waals surface area contributed by atoms with E-state index in [4.69, 9.17) is 0 Å². The molecule has 2 aliphatic rings. The van der Waals surface area contributed by atoms with Gasteiger partial charge in [-0.25, -0.2) is 8.78 Å². The van der Waals surface area contributed by atoms with E-state index in [0.717, 1.165) is 24.8 Å². The Labute approximate surface area is 186 Å². The quantitative estimate of drug-likeness (QED) is 0.633. The van der Waals surface area contributed by atoms with Crippen molar-refractivity contribution in [2.75, 3.05) is 23.3 Å². The van der Waals surface area contributed by atoms with Gasteiger partial charge in [0.2, 0.25) is 11.8 Å². The molecular formula is C24H28F2N4O2. The number of nitrogens with zero attached hydrogens (tertiary/aromatic N) is 1. The molecule has 6 nitrogen and oxygen atoms in total. The number of nitrogens with one attached hydrogen (secondary N) is 3. The summed E-state index contributed by atoms with van der Waals surface area (Å²) in [6.07, 6.45) is 4.81. The van der Waals surface area contributed by atoms with Crippen LogP contribution in [0.3, 0.4) is 0 Å². The maximum absolute atomic E-state index is 14.6. The molecule has 2 saturated heterocycles. The lowest BCUT2D eigenvalue weighted by atomic mass is 10.0. The van der Waals surface area contributed by atoms with Crippen LogP contribution in [0.4, 0.5) is 25.8 Å². The average molecular weight is 443 g/mol. The Kier molecular flexibility index (Phi) is 6.87. The summed E-state index contributed by atoms with van der Waals surface area (Å²) in [6, 6.07) is 9.40. The zero-order valence-corrected chi connectivity index (χ0v) is 17.9. The molecule has 0 radical (unpaired) electrons. The van der Waals surface area contributed by atoms with Gasteiger partial charge < -0.3 is 20.9 Å². The van der Waals surface area contributed by atoms with Gasteiger partial charge in [-0.2, -0.15) is 0 Å². The third-order valence-corrected chi connectivity index (χ3v) is 5.95. The molecule has 2 aliphatic heterocycles. The first-order valence-corrected chi connectivity index (χ1v) is 11.2. The van der Waals surface area contributed by atoms with Crippen molar-refractivity contribution < 1.29 is 18.4 Å². The number of anilines is 3. The topological polar surface area (TPSA) is 73.5 Å². The van der Waals surface area contributed by atoms with Crippen LogP contribution in [-0.2, 0) is 16.1 Å². The summed E-state index contributed by atoms with van der Waals surface area (Å²) < 4.78 is 29.3. The van der Waals surface area contributed by atoms with Gasteiger partial charge in [-0.05, 0) is 61.9 Å². The molecule has 4 rings (SSSR count). The fraction of sp³-hybridized carbons (Fsp3) is 0.417. The highest BCUT2D eigenvalue weighted by Gasteiger charge is 2.24. The molecule has 8 heteroatoms. The smallest absolute Gasteiger partial charge is 0.242 e. The first kappa shape index (κ1) is 22.0. The van der Waals surface area contributed by atoms with Crippen molar-refractivity contribution in [2.24, 2.45) is 0 Å². The van der Waals surface area contributed by atoms with Gasteiger partial charge in [0.15, 0.2) is 11.6 Å². The number of carbonyl (C=O) groups excluding carboxylic acids is 2. The minimum atomic E-state index is -0.566. The minimum Gasteiger partial charge on any atom is -0.367 e. The Bertz CT molecular complexity index is 951. The van der Waals surface area contributed by atoms with Crippen LogP contribution in [0.25, 0.3) is 0 Å². The van der Waals surface area contributed by atoms with Gasteiger partial charge in [-0.15, -0.1) is 0 Å². The summed E-state index contributed by atoms with van der Waals surface area (Å²) in [4.78, 5) is 25.4. The molecule has 0 aliphatic carbocycles. The molecule has 2 heterocycles. The van der Waals surface area contributed by atoms with Gasteiger partial charge in [0.1, 0.15) is 11.7 Å². The molecule has 2 aromatic carbocycles. The SMILES string of the molecule is O=C1CCC[C@@H](C(=O)NCc2ccc(Nc3cc(F)c(N4CCCCC4)c(F)c3)cc2)N1. The molecule has 0 bridgehead atoms. The van der Waals surface area contributed by atoms with Gasteiger partial charge in [-0.1, -0.05) is 12.1 Å². The van der Waals surface area contributed by atoms with E-state index in [1.54, 1.807) is 17.0 Å². The molecule has 2 amide bonds. The fourth-order valence-corrected chi connectivity index (χ4v) is 4.24. The van der Waals surface area contributed by atoms with E-state index in [9.17, 15) is 18.4 Å². The van der Waals surface area contributed by atoms with E-state index in [1.807, 2.05) is 12.1 Å².